The Labute approximate surface area is 151 Å². The largest absolute Gasteiger partial charge is 0.462 e. The van der Waals surface area contributed by atoms with Crippen molar-refractivity contribution in [3.63, 3.8) is 0 Å². The van der Waals surface area contributed by atoms with E-state index in [0.717, 1.165) is 16.3 Å². The fourth-order valence-electron chi connectivity index (χ4n) is 2.91. The molecule has 0 atom stereocenters. The van der Waals surface area contributed by atoms with E-state index in [1.807, 2.05) is 42.5 Å². The third-order valence-corrected chi connectivity index (χ3v) is 4.37. The summed E-state index contributed by atoms with van der Waals surface area (Å²) in [5, 5.41) is 2.28. The second-order valence-electron chi connectivity index (χ2n) is 5.68. The van der Waals surface area contributed by atoms with Crippen LogP contribution in [-0.4, -0.2) is 18.4 Å². The average molecular weight is 353 g/mol. The molecule has 0 amide bonds. The highest BCUT2D eigenvalue weighted by atomic mass is 35.5. The first-order chi connectivity index (χ1) is 12.0. The number of carbonyl (C=O) groups is 2. The van der Waals surface area contributed by atoms with E-state index in [0.29, 0.717) is 11.1 Å². The lowest BCUT2D eigenvalue weighted by atomic mass is 9.91. The van der Waals surface area contributed by atoms with Gasteiger partial charge in [-0.25, -0.2) is 4.79 Å². The highest BCUT2D eigenvalue weighted by molar-refractivity contribution is 6.34. The lowest BCUT2D eigenvalue weighted by molar-refractivity contribution is 0.0526. The molecule has 0 N–H and O–H groups in total. The molecule has 0 fully saturated rings. The van der Waals surface area contributed by atoms with Gasteiger partial charge in [-0.15, -0.1) is 0 Å². The van der Waals surface area contributed by atoms with E-state index in [1.54, 1.807) is 19.1 Å². The van der Waals surface area contributed by atoms with Crippen LogP contribution in [0, 0.1) is 0 Å². The normalized spacial score (nSPS) is 10.7. The number of halogens is 1. The summed E-state index contributed by atoms with van der Waals surface area (Å²) >= 11 is 6.23. The smallest absolute Gasteiger partial charge is 0.339 e. The highest BCUT2D eigenvalue weighted by Gasteiger charge is 2.19. The zero-order chi connectivity index (χ0) is 18.0. The number of ether oxygens (including phenoxy) is 1. The van der Waals surface area contributed by atoms with Gasteiger partial charge in [0.1, 0.15) is 0 Å². The molecule has 0 saturated heterocycles. The minimum atomic E-state index is -0.496. The van der Waals surface area contributed by atoms with Crippen molar-refractivity contribution in [2.24, 2.45) is 0 Å². The zero-order valence-electron chi connectivity index (χ0n) is 14.0. The Kier molecular flexibility index (Phi) is 4.86. The third kappa shape index (κ3) is 3.28. The molecule has 0 bridgehead atoms. The molecule has 0 saturated carbocycles. The first kappa shape index (κ1) is 17.2. The first-order valence-electron chi connectivity index (χ1n) is 8.02. The van der Waals surface area contributed by atoms with Crippen LogP contribution in [0.3, 0.4) is 0 Å². The number of rotatable bonds is 4. The van der Waals surface area contributed by atoms with Crippen LogP contribution in [0.2, 0.25) is 5.02 Å². The molecule has 126 valence electrons. The van der Waals surface area contributed by atoms with Crippen LogP contribution in [0.15, 0.2) is 54.6 Å². The Bertz CT molecular complexity index is 971. The summed E-state index contributed by atoms with van der Waals surface area (Å²) in [6.07, 6.45) is 0. The molecular weight excluding hydrogens is 336 g/mol. The molecule has 0 radical (unpaired) electrons. The Morgan fingerprint density at radius 2 is 1.68 bits per heavy atom. The number of hydrogen-bond donors (Lipinski definition) is 0. The van der Waals surface area contributed by atoms with Crippen LogP contribution in [0.25, 0.3) is 21.9 Å². The second-order valence-corrected chi connectivity index (χ2v) is 6.09. The molecule has 3 rings (SSSR count). The molecule has 3 aromatic rings. The van der Waals surface area contributed by atoms with Gasteiger partial charge in [0, 0.05) is 5.56 Å². The number of carbonyl (C=O) groups excluding carboxylic acids is 2. The topological polar surface area (TPSA) is 43.4 Å². The number of hydrogen-bond acceptors (Lipinski definition) is 3. The SMILES string of the molecule is CCOC(=O)c1cc(-c2cccc3ccccc23)c(C(C)=O)cc1Cl. The number of Topliss-reactive ketones (excluding diaryl/α,β-unsaturated/α-hetero) is 1. The molecule has 0 aliphatic heterocycles. The first-order valence-corrected chi connectivity index (χ1v) is 8.40. The standard InChI is InChI=1S/C21H17ClO3/c1-3-25-21(24)19-11-18(17(13(2)23)12-20(19)22)16-10-6-8-14-7-4-5-9-15(14)16/h4-12H,3H2,1-2H3. The molecule has 0 aliphatic rings. The van der Waals surface area contributed by atoms with E-state index in [1.165, 1.54) is 6.92 Å². The van der Waals surface area contributed by atoms with Gasteiger partial charge in [-0.3, -0.25) is 4.79 Å². The Balaban J connectivity index is 2.31. The van der Waals surface area contributed by atoms with Crippen molar-refractivity contribution < 1.29 is 14.3 Å². The van der Waals surface area contributed by atoms with Gasteiger partial charge >= 0.3 is 5.97 Å². The van der Waals surface area contributed by atoms with E-state index in [9.17, 15) is 9.59 Å². The van der Waals surface area contributed by atoms with E-state index in [2.05, 4.69) is 0 Å². The summed E-state index contributed by atoms with van der Waals surface area (Å²) in [5.74, 6) is -0.607. The maximum atomic E-state index is 12.2. The van der Waals surface area contributed by atoms with Gasteiger partial charge in [0.05, 0.1) is 17.2 Å². The molecule has 0 aliphatic carbocycles. The summed E-state index contributed by atoms with van der Waals surface area (Å²) in [5.41, 5.74) is 2.30. The summed E-state index contributed by atoms with van der Waals surface area (Å²) in [7, 11) is 0. The highest BCUT2D eigenvalue weighted by Crippen LogP contribution is 2.34. The molecule has 3 aromatic carbocycles. The van der Waals surface area contributed by atoms with E-state index >= 15 is 0 Å². The molecule has 0 spiro atoms. The fourth-order valence-corrected chi connectivity index (χ4v) is 3.15. The van der Waals surface area contributed by atoms with Gasteiger partial charge in [0.25, 0.3) is 0 Å². The Morgan fingerprint density at radius 1 is 0.960 bits per heavy atom. The summed E-state index contributed by atoms with van der Waals surface area (Å²) in [4.78, 5) is 24.4. The molecular formula is C21H17ClO3. The number of esters is 1. The third-order valence-electron chi connectivity index (χ3n) is 4.06. The molecule has 0 aromatic heterocycles. The van der Waals surface area contributed by atoms with Gasteiger partial charge < -0.3 is 4.74 Å². The van der Waals surface area contributed by atoms with Gasteiger partial charge in [0.2, 0.25) is 0 Å². The van der Waals surface area contributed by atoms with E-state index in [4.69, 9.17) is 16.3 Å². The molecule has 0 heterocycles. The van der Waals surface area contributed by atoms with Crippen LogP contribution in [0.1, 0.15) is 34.6 Å². The maximum Gasteiger partial charge on any atom is 0.339 e. The summed E-state index contributed by atoms with van der Waals surface area (Å²) in [6.45, 7) is 3.49. The van der Waals surface area contributed by atoms with Crippen molar-refractivity contribution in [3.8, 4) is 11.1 Å². The van der Waals surface area contributed by atoms with E-state index in [-0.39, 0.29) is 23.0 Å². The predicted molar refractivity (Wildman–Crippen MR) is 100 cm³/mol. The monoisotopic (exact) mass is 352 g/mol. The predicted octanol–water partition coefficient (Wildman–Crippen LogP) is 5.54. The minimum Gasteiger partial charge on any atom is -0.462 e. The van der Waals surface area contributed by atoms with Crippen molar-refractivity contribution in [3.05, 3.63) is 70.7 Å². The van der Waals surface area contributed by atoms with Crippen LogP contribution in [0.5, 0.6) is 0 Å². The Morgan fingerprint density at radius 3 is 2.40 bits per heavy atom. The molecule has 25 heavy (non-hydrogen) atoms. The van der Waals surface area contributed by atoms with E-state index < -0.39 is 5.97 Å². The summed E-state index contributed by atoms with van der Waals surface area (Å²) in [6, 6.07) is 17.0. The van der Waals surface area contributed by atoms with Gasteiger partial charge in [-0.05, 0) is 47.9 Å². The fraction of sp³-hybridized carbons (Fsp3) is 0.143. The number of ketones is 1. The van der Waals surface area contributed by atoms with Crippen LogP contribution >= 0.6 is 11.6 Å². The van der Waals surface area contributed by atoms with Crippen LogP contribution in [-0.2, 0) is 4.74 Å². The molecule has 0 unspecified atom stereocenters. The van der Waals surface area contributed by atoms with Gasteiger partial charge in [0.15, 0.2) is 5.78 Å². The summed E-state index contributed by atoms with van der Waals surface area (Å²) < 4.78 is 5.08. The van der Waals surface area contributed by atoms with Crippen LogP contribution < -0.4 is 0 Å². The molecule has 3 nitrogen and oxygen atoms in total. The van der Waals surface area contributed by atoms with Gasteiger partial charge in [-0.2, -0.15) is 0 Å². The maximum absolute atomic E-state index is 12.2. The van der Waals surface area contributed by atoms with Crippen molar-refractivity contribution in [1.29, 1.82) is 0 Å². The Hall–Kier alpha value is -2.65. The van der Waals surface area contributed by atoms with Crippen LogP contribution in [0.4, 0.5) is 0 Å². The van der Waals surface area contributed by atoms with Gasteiger partial charge in [-0.1, -0.05) is 54.1 Å². The number of fused-ring (bicyclic) bond motifs is 1. The minimum absolute atomic E-state index is 0.111. The second kappa shape index (κ2) is 7.08. The molecule has 4 heteroatoms. The quantitative estimate of drug-likeness (QED) is 0.457. The lowest BCUT2D eigenvalue weighted by Crippen LogP contribution is -2.08. The zero-order valence-corrected chi connectivity index (χ0v) is 14.8. The number of benzene rings is 3. The average Bonchev–Trinajstić information content (AvgIpc) is 2.61. The van der Waals surface area contributed by atoms with Crippen molar-refractivity contribution in [2.45, 2.75) is 13.8 Å². The van der Waals surface area contributed by atoms with Crippen molar-refractivity contribution in [2.75, 3.05) is 6.61 Å². The van der Waals surface area contributed by atoms with Crippen molar-refractivity contribution in [1.82, 2.24) is 0 Å². The lowest BCUT2D eigenvalue weighted by Gasteiger charge is -2.14. The van der Waals surface area contributed by atoms with Crippen molar-refractivity contribution >= 4 is 34.1 Å².